The summed E-state index contributed by atoms with van der Waals surface area (Å²) < 4.78 is 0.777. The lowest BCUT2D eigenvalue weighted by molar-refractivity contribution is 0.495. The molecule has 1 aliphatic heterocycles. The molecule has 6 heteroatoms. The van der Waals surface area contributed by atoms with E-state index < -0.39 is 0 Å². The zero-order valence-electron chi connectivity index (χ0n) is 10.4. The molecule has 2 N–H and O–H groups in total. The zero-order valence-corrected chi connectivity index (χ0v) is 12.0. The number of halogens is 1. The number of aromatic nitrogens is 2. The van der Waals surface area contributed by atoms with Crippen molar-refractivity contribution in [3.05, 3.63) is 28.0 Å². The SMILES string of the molecule is NC1CCN(c2nccc(-c3csc(Cl)c3)n2)CC1. The lowest BCUT2D eigenvalue weighted by Crippen LogP contribution is -2.40. The van der Waals surface area contributed by atoms with Crippen molar-refractivity contribution < 1.29 is 0 Å². The fourth-order valence-corrected chi connectivity index (χ4v) is 3.08. The van der Waals surface area contributed by atoms with Crippen LogP contribution in [-0.2, 0) is 0 Å². The van der Waals surface area contributed by atoms with E-state index in [1.165, 1.54) is 11.3 Å². The van der Waals surface area contributed by atoms with E-state index in [-0.39, 0.29) is 0 Å². The molecule has 0 aromatic carbocycles. The molecule has 0 unspecified atom stereocenters. The van der Waals surface area contributed by atoms with Crippen molar-refractivity contribution in [1.82, 2.24) is 9.97 Å². The highest BCUT2D eigenvalue weighted by Crippen LogP contribution is 2.28. The van der Waals surface area contributed by atoms with Gasteiger partial charge < -0.3 is 10.6 Å². The predicted molar refractivity (Wildman–Crippen MR) is 79.8 cm³/mol. The average molecular weight is 295 g/mol. The van der Waals surface area contributed by atoms with E-state index in [0.717, 1.165) is 47.5 Å². The Hall–Kier alpha value is -1.17. The second kappa shape index (κ2) is 5.45. The fourth-order valence-electron chi connectivity index (χ4n) is 2.21. The molecule has 19 heavy (non-hydrogen) atoms. The van der Waals surface area contributed by atoms with Gasteiger partial charge in [-0.2, -0.15) is 0 Å². The Kier molecular flexibility index (Phi) is 3.68. The van der Waals surface area contributed by atoms with E-state index in [0.29, 0.717) is 6.04 Å². The van der Waals surface area contributed by atoms with Gasteiger partial charge in [0, 0.05) is 36.3 Å². The standard InChI is InChI=1S/C13H15ClN4S/c14-12-7-9(8-19-12)11-1-4-16-13(17-11)18-5-2-10(15)3-6-18/h1,4,7-8,10H,2-3,5-6,15H2. The van der Waals surface area contributed by atoms with E-state index in [1.54, 1.807) is 6.20 Å². The van der Waals surface area contributed by atoms with Crippen LogP contribution >= 0.6 is 22.9 Å². The fraction of sp³-hybridized carbons (Fsp3) is 0.385. The minimum absolute atomic E-state index is 0.315. The molecule has 1 fully saturated rings. The number of hydrogen-bond acceptors (Lipinski definition) is 5. The van der Waals surface area contributed by atoms with Gasteiger partial charge in [-0.15, -0.1) is 11.3 Å². The topological polar surface area (TPSA) is 55.0 Å². The van der Waals surface area contributed by atoms with Crippen LogP contribution in [0.1, 0.15) is 12.8 Å². The van der Waals surface area contributed by atoms with Crippen molar-refractivity contribution in [2.24, 2.45) is 5.73 Å². The molecule has 0 atom stereocenters. The van der Waals surface area contributed by atoms with E-state index in [4.69, 9.17) is 17.3 Å². The molecule has 0 aliphatic carbocycles. The number of thiophene rings is 1. The molecule has 0 bridgehead atoms. The molecular weight excluding hydrogens is 280 g/mol. The molecule has 3 rings (SSSR count). The summed E-state index contributed by atoms with van der Waals surface area (Å²) in [4.78, 5) is 11.2. The molecule has 3 heterocycles. The van der Waals surface area contributed by atoms with E-state index in [1.807, 2.05) is 17.5 Å². The summed E-state index contributed by atoms with van der Waals surface area (Å²) in [5.41, 5.74) is 7.89. The summed E-state index contributed by atoms with van der Waals surface area (Å²) in [7, 11) is 0. The monoisotopic (exact) mass is 294 g/mol. The third-order valence-electron chi connectivity index (χ3n) is 3.33. The van der Waals surface area contributed by atoms with Crippen molar-refractivity contribution in [2.45, 2.75) is 18.9 Å². The van der Waals surface area contributed by atoms with E-state index in [9.17, 15) is 0 Å². The summed E-state index contributed by atoms with van der Waals surface area (Å²) in [5, 5.41) is 2.01. The Balaban J connectivity index is 1.84. The summed E-state index contributed by atoms with van der Waals surface area (Å²) in [6, 6.07) is 4.16. The quantitative estimate of drug-likeness (QED) is 0.925. The molecule has 100 valence electrons. The summed E-state index contributed by atoms with van der Waals surface area (Å²) >= 11 is 7.48. The van der Waals surface area contributed by atoms with Crippen LogP contribution in [0, 0.1) is 0 Å². The van der Waals surface area contributed by atoms with Gasteiger partial charge in [0.15, 0.2) is 0 Å². The third-order valence-corrected chi connectivity index (χ3v) is 4.42. The van der Waals surface area contributed by atoms with E-state index >= 15 is 0 Å². The number of nitrogens with zero attached hydrogens (tertiary/aromatic N) is 3. The molecule has 0 spiro atoms. The molecule has 2 aromatic rings. The summed E-state index contributed by atoms with van der Waals surface area (Å²) in [6.45, 7) is 1.85. The number of piperidine rings is 1. The van der Waals surface area contributed by atoms with E-state index in [2.05, 4.69) is 14.9 Å². The van der Waals surface area contributed by atoms with Gasteiger partial charge in [-0.25, -0.2) is 9.97 Å². The molecule has 4 nitrogen and oxygen atoms in total. The first-order chi connectivity index (χ1) is 9.22. The van der Waals surface area contributed by atoms with Crippen molar-refractivity contribution in [3.63, 3.8) is 0 Å². The Morgan fingerprint density at radius 3 is 2.84 bits per heavy atom. The van der Waals surface area contributed by atoms with Crippen LogP contribution in [0.25, 0.3) is 11.3 Å². The zero-order chi connectivity index (χ0) is 13.2. The van der Waals surface area contributed by atoms with Crippen LogP contribution in [0.5, 0.6) is 0 Å². The smallest absolute Gasteiger partial charge is 0.225 e. The molecule has 0 radical (unpaired) electrons. The summed E-state index contributed by atoms with van der Waals surface area (Å²) in [5.74, 6) is 0.784. The molecule has 1 aliphatic rings. The van der Waals surface area contributed by atoms with Crippen LogP contribution in [0.2, 0.25) is 4.34 Å². The molecule has 1 saturated heterocycles. The first-order valence-electron chi connectivity index (χ1n) is 6.30. The van der Waals surface area contributed by atoms with Crippen LogP contribution in [0.4, 0.5) is 5.95 Å². The van der Waals surface area contributed by atoms with Crippen LogP contribution in [0.3, 0.4) is 0 Å². The van der Waals surface area contributed by atoms with Gasteiger partial charge in [0.05, 0.1) is 10.0 Å². The number of hydrogen-bond donors (Lipinski definition) is 1. The minimum atomic E-state index is 0.315. The Bertz CT molecular complexity index is 563. The first-order valence-corrected chi connectivity index (χ1v) is 7.56. The predicted octanol–water partition coefficient (Wildman–Crippen LogP) is 2.79. The van der Waals surface area contributed by atoms with Crippen molar-refractivity contribution in [1.29, 1.82) is 0 Å². The maximum absolute atomic E-state index is 5.97. The second-order valence-corrected chi connectivity index (χ2v) is 6.25. The van der Waals surface area contributed by atoms with Crippen LogP contribution in [-0.4, -0.2) is 29.1 Å². The Labute approximate surface area is 121 Å². The number of nitrogens with two attached hydrogens (primary N) is 1. The third kappa shape index (κ3) is 2.88. The van der Waals surface area contributed by atoms with Gasteiger partial charge >= 0.3 is 0 Å². The highest BCUT2D eigenvalue weighted by Gasteiger charge is 2.18. The molecule has 2 aromatic heterocycles. The average Bonchev–Trinajstić information content (AvgIpc) is 2.86. The molecule has 0 saturated carbocycles. The summed E-state index contributed by atoms with van der Waals surface area (Å²) in [6.07, 6.45) is 3.80. The maximum Gasteiger partial charge on any atom is 0.225 e. The molecular formula is C13H15ClN4S. The Morgan fingerprint density at radius 2 is 2.16 bits per heavy atom. The first kappa shape index (κ1) is 12.8. The number of rotatable bonds is 2. The lowest BCUT2D eigenvalue weighted by atomic mass is 10.1. The van der Waals surface area contributed by atoms with Crippen LogP contribution < -0.4 is 10.6 Å². The van der Waals surface area contributed by atoms with Gasteiger partial charge in [-0.1, -0.05) is 11.6 Å². The lowest BCUT2D eigenvalue weighted by Gasteiger charge is -2.30. The van der Waals surface area contributed by atoms with Crippen molar-refractivity contribution >= 4 is 28.9 Å². The van der Waals surface area contributed by atoms with Gasteiger partial charge in [0.25, 0.3) is 0 Å². The Morgan fingerprint density at radius 1 is 1.37 bits per heavy atom. The van der Waals surface area contributed by atoms with Crippen molar-refractivity contribution in [3.8, 4) is 11.3 Å². The van der Waals surface area contributed by atoms with Gasteiger partial charge in [-0.05, 0) is 25.0 Å². The van der Waals surface area contributed by atoms with Crippen LogP contribution in [0.15, 0.2) is 23.7 Å². The second-order valence-electron chi connectivity index (χ2n) is 4.71. The molecule has 0 amide bonds. The largest absolute Gasteiger partial charge is 0.341 e. The van der Waals surface area contributed by atoms with Gasteiger partial charge in [0.2, 0.25) is 5.95 Å². The number of anilines is 1. The highest BCUT2D eigenvalue weighted by molar-refractivity contribution is 7.14. The normalized spacial score (nSPS) is 16.8. The van der Waals surface area contributed by atoms with Crippen molar-refractivity contribution in [2.75, 3.05) is 18.0 Å². The highest BCUT2D eigenvalue weighted by atomic mass is 35.5. The van der Waals surface area contributed by atoms with Gasteiger partial charge in [-0.3, -0.25) is 0 Å². The minimum Gasteiger partial charge on any atom is -0.341 e. The van der Waals surface area contributed by atoms with Gasteiger partial charge in [0.1, 0.15) is 0 Å². The maximum atomic E-state index is 5.97.